The van der Waals surface area contributed by atoms with Crippen LogP contribution in [0.3, 0.4) is 0 Å². The minimum absolute atomic E-state index is 0.197. The third-order valence-electron chi connectivity index (χ3n) is 3.44. The molecule has 2 rings (SSSR count). The Hall–Kier alpha value is -1.75. The van der Waals surface area contributed by atoms with Gasteiger partial charge in [-0.25, -0.2) is 0 Å². The zero-order chi connectivity index (χ0) is 15.6. The summed E-state index contributed by atoms with van der Waals surface area (Å²) < 4.78 is 21.2. The largest absolute Gasteiger partial charge is 0.466 e. The molecule has 0 aliphatic carbocycles. The molecule has 1 aliphatic rings. The van der Waals surface area contributed by atoms with E-state index in [1.165, 1.54) is 6.92 Å². The number of carbonyl (C=O) groups excluding carboxylic acids is 1. The first-order valence-corrected chi connectivity index (χ1v) is 7.85. The Morgan fingerprint density at radius 2 is 1.77 bits per heavy atom. The first kappa shape index (κ1) is 16.6. The van der Waals surface area contributed by atoms with Crippen molar-refractivity contribution in [3.8, 4) is 11.5 Å². The molecule has 5 nitrogen and oxygen atoms in total. The van der Waals surface area contributed by atoms with Gasteiger partial charge in [-0.05, 0) is 30.5 Å². The highest BCUT2D eigenvalue weighted by atomic mass is 16.7. The molecular formula is C17H24O5. The summed E-state index contributed by atoms with van der Waals surface area (Å²) >= 11 is 0. The molecule has 122 valence electrons. The predicted molar refractivity (Wildman–Crippen MR) is 81.9 cm³/mol. The second kappa shape index (κ2) is 9.30. The van der Waals surface area contributed by atoms with Gasteiger partial charge in [-0.3, -0.25) is 4.79 Å². The van der Waals surface area contributed by atoms with E-state index in [-0.39, 0.29) is 5.97 Å². The summed E-state index contributed by atoms with van der Waals surface area (Å²) in [7, 11) is 0. The third kappa shape index (κ3) is 5.93. The van der Waals surface area contributed by atoms with E-state index < -0.39 is 0 Å². The van der Waals surface area contributed by atoms with E-state index in [2.05, 4.69) is 0 Å². The highest BCUT2D eigenvalue weighted by Crippen LogP contribution is 2.32. The van der Waals surface area contributed by atoms with Crippen LogP contribution in [-0.4, -0.2) is 26.0 Å². The average molecular weight is 308 g/mol. The van der Waals surface area contributed by atoms with Gasteiger partial charge in [0, 0.05) is 13.5 Å². The summed E-state index contributed by atoms with van der Waals surface area (Å²) in [6.07, 6.45) is 5.38. The van der Waals surface area contributed by atoms with Crippen LogP contribution in [-0.2, 0) is 20.9 Å². The van der Waals surface area contributed by atoms with Crippen molar-refractivity contribution in [1.29, 1.82) is 0 Å². The van der Waals surface area contributed by atoms with Crippen molar-refractivity contribution in [3.63, 3.8) is 0 Å². The first-order chi connectivity index (χ1) is 10.8. The lowest BCUT2D eigenvalue weighted by atomic mass is 10.1. The highest BCUT2D eigenvalue weighted by molar-refractivity contribution is 5.65. The molecule has 0 amide bonds. The Kier molecular flexibility index (Phi) is 7.03. The van der Waals surface area contributed by atoms with E-state index in [1.54, 1.807) is 0 Å². The van der Waals surface area contributed by atoms with Crippen molar-refractivity contribution < 1.29 is 23.7 Å². The lowest BCUT2D eigenvalue weighted by Gasteiger charge is -2.06. The molecule has 0 unspecified atom stereocenters. The van der Waals surface area contributed by atoms with Crippen LogP contribution < -0.4 is 9.47 Å². The minimum atomic E-state index is -0.197. The molecule has 0 saturated carbocycles. The molecule has 1 aromatic carbocycles. The first-order valence-electron chi connectivity index (χ1n) is 7.85. The smallest absolute Gasteiger partial charge is 0.302 e. The molecule has 5 heteroatoms. The van der Waals surface area contributed by atoms with Crippen LogP contribution in [0.5, 0.6) is 11.5 Å². The minimum Gasteiger partial charge on any atom is -0.466 e. The van der Waals surface area contributed by atoms with E-state index in [4.69, 9.17) is 18.9 Å². The number of rotatable bonds is 10. The topological polar surface area (TPSA) is 54.0 Å². The van der Waals surface area contributed by atoms with E-state index in [0.29, 0.717) is 20.0 Å². The van der Waals surface area contributed by atoms with Crippen molar-refractivity contribution in [2.24, 2.45) is 0 Å². The van der Waals surface area contributed by atoms with Gasteiger partial charge in [0.15, 0.2) is 11.5 Å². The van der Waals surface area contributed by atoms with Crippen LogP contribution in [0.2, 0.25) is 0 Å². The summed E-state index contributed by atoms with van der Waals surface area (Å²) in [6, 6.07) is 5.89. The number of benzene rings is 1. The van der Waals surface area contributed by atoms with Gasteiger partial charge in [-0.15, -0.1) is 0 Å². The Balaban J connectivity index is 1.45. The molecule has 22 heavy (non-hydrogen) atoms. The second-order valence-corrected chi connectivity index (χ2v) is 5.35. The standard InChI is InChI=1S/C17H24O5/c1-14(18)20-10-6-4-2-3-5-9-19-12-15-7-8-16-17(11-15)22-13-21-16/h7-8,11H,2-6,9-10,12-13H2,1H3. The van der Waals surface area contributed by atoms with E-state index in [0.717, 1.165) is 55.8 Å². The molecule has 0 saturated heterocycles. The number of unbranched alkanes of at least 4 members (excludes halogenated alkanes) is 4. The SMILES string of the molecule is CC(=O)OCCCCCCCOCc1ccc2c(c1)OCO2. The molecular weight excluding hydrogens is 284 g/mol. The normalized spacial score (nSPS) is 12.4. The molecule has 1 aromatic rings. The van der Waals surface area contributed by atoms with Crippen LogP contribution in [0.15, 0.2) is 18.2 Å². The van der Waals surface area contributed by atoms with Crippen molar-refractivity contribution >= 4 is 5.97 Å². The Labute approximate surface area is 131 Å². The fourth-order valence-electron chi connectivity index (χ4n) is 2.27. The molecule has 0 radical (unpaired) electrons. The zero-order valence-corrected chi connectivity index (χ0v) is 13.1. The summed E-state index contributed by atoms with van der Waals surface area (Å²) in [6.45, 7) is 3.64. The molecule has 1 aliphatic heterocycles. The Bertz CT molecular complexity index is 472. The third-order valence-corrected chi connectivity index (χ3v) is 3.44. The molecule has 0 aromatic heterocycles. The summed E-state index contributed by atoms with van der Waals surface area (Å²) in [5, 5.41) is 0. The predicted octanol–water partition coefficient (Wildman–Crippen LogP) is 3.45. The summed E-state index contributed by atoms with van der Waals surface area (Å²) in [5.41, 5.74) is 1.10. The van der Waals surface area contributed by atoms with Gasteiger partial charge >= 0.3 is 5.97 Å². The van der Waals surface area contributed by atoms with Crippen LogP contribution in [0.25, 0.3) is 0 Å². The van der Waals surface area contributed by atoms with Gasteiger partial charge in [0.25, 0.3) is 0 Å². The number of fused-ring (bicyclic) bond motifs is 1. The number of esters is 1. The highest BCUT2D eigenvalue weighted by Gasteiger charge is 2.12. The van der Waals surface area contributed by atoms with Gasteiger partial charge in [0.05, 0.1) is 13.2 Å². The maximum Gasteiger partial charge on any atom is 0.302 e. The molecule has 0 bridgehead atoms. The van der Waals surface area contributed by atoms with Crippen LogP contribution >= 0.6 is 0 Å². The average Bonchev–Trinajstić information content (AvgIpc) is 2.96. The number of hydrogen-bond acceptors (Lipinski definition) is 5. The van der Waals surface area contributed by atoms with Gasteiger partial charge in [0.2, 0.25) is 6.79 Å². The molecule has 0 atom stereocenters. The zero-order valence-electron chi connectivity index (χ0n) is 13.1. The summed E-state index contributed by atoms with van der Waals surface area (Å²) in [4.78, 5) is 10.6. The number of carbonyl (C=O) groups is 1. The van der Waals surface area contributed by atoms with Crippen molar-refractivity contribution in [2.45, 2.75) is 45.6 Å². The quantitative estimate of drug-likeness (QED) is 0.489. The van der Waals surface area contributed by atoms with Gasteiger partial charge in [-0.2, -0.15) is 0 Å². The number of ether oxygens (including phenoxy) is 4. The van der Waals surface area contributed by atoms with Crippen LogP contribution in [0.1, 0.15) is 44.6 Å². The maximum atomic E-state index is 10.6. The van der Waals surface area contributed by atoms with Crippen molar-refractivity contribution in [1.82, 2.24) is 0 Å². The fourth-order valence-corrected chi connectivity index (χ4v) is 2.27. The lowest BCUT2D eigenvalue weighted by molar-refractivity contribution is -0.141. The van der Waals surface area contributed by atoms with Crippen molar-refractivity contribution in [2.75, 3.05) is 20.0 Å². The Morgan fingerprint density at radius 1 is 1.05 bits per heavy atom. The molecule has 0 fully saturated rings. The van der Waals surface area contributed by atoms with Crippen LogP contribution in [0, 0.1) is 0 Å². The fraction of sp³-hybridized carbons (Fsp3) is 0.588. The van der Waals surface area contributed by atoms with E-state index in [9.17, 15) is 4.79 Å². The van der Waals surface area contributed by atoms with Gasteiger partial charge in [0.1, 0.15) is 0 Å². The second-order valence-electron chi connectivity index (χ2n) is 5.35. The van der Waals surface area contributed by atoms with Crippen molar-refractivity contribution in [3.05, 3.63) is 23.8 Å². The van der Waals surface area contributed by atoms with Gasteiger partial charge < -0.3 is 18.9 Å². The summed E-state index contributed by atoms with van der Waals surface area (Å²) in [5.74, 6) is 1.41. The van der Waals surface area contributed by atoms with Crippen LogP contribution in [0.4, 0.5) is 0 Å². The molecule has 1 heterocycles. The molecule has 0 N–H and O–H groups in total. The number of hydrogen-bond donors (Lipinski definition) is 0. The molecule has 0 spiro atoms. The lowest BCUT2D eigenvalue weighted by Crippen LogP contribution is -2.00. The van der Waals surface area contributed by atoms with E-state index >= 15 is 0 Å². The van der Waals surface area contributed by atoms with Gasteiger partial charge in [-0.1, -0.05) is 25.3 Å². The Morgan fingerprint density at radius 3 is 2.59 bits per heavy atom. The van der Waals surface area contributed by atoms with E-state index in [1.807, 2.05) is 18.2 Å². The maximum absolute atomic E-state index is 10.6. The monoisotopic (exact) mass is 308 g/mol.